The SMILES string of the molecule is Cc1ccc(C)c(OCCCC(=O)Nc2ccc(N(C)C)cc2)c1. The lowest BCUT2D eigenvalue weighted by atomic mass is 10.1. The standard InChI is InChI=1S/C20H26N2O2/c1-15-7-8-16(2)19(14-15)24-13-5-6-20(23)21-17-9-11-18(12-10-17)22(3)4/h7-12,14H,5-6,13H2,1-4H3,(H,21,23). The van der Waals surface area contributed by atoms with Crippen LogP contribution in [0.15, 0.2) is 42.5 Å². The van der Waals surface area contributed by atoms with Crippen molar-refractivity contribution < 1.29 is 9.53 Å². The molecule has 0 heterocycles. The number of aryl methyl sites for hydroxylation is 2. The van der Waals surface area contributed by atoms with E-state index in [0.29, 0.717) is 19.4 Å². The van der Waals surface area contributed by atoms with Crippen molar-refractivity contribution in [3.8, 4) is 5.75 Å². The molecule has 0 unspecified atom stereocenters. The smallest absolute Gasteiger partial charge is 0.224 e. The van der Waals surface area contributed by atoms with Crippen molar-refractivity contribution in [3.05, 3.63) is 53.6 Å². The maximum atomic E-state index is 12.0. The molecular formula is C20H26N2O2. The van der Waals surface area contributed by atoms with E-state index in [0.717, 1.165) is 22.7 Å². The highest BCUT2D eigenvalue weighted by molar-refractivity contribution is 5.90. The summed E-state index contributed by atoms with van der Waals surface area (Å²) in [5.74, 6) is 0.909. The van der Waals surface area contributed by atoms with Gasteiger partial charge in [0.1, 0.15) is 5.75 Å². The van der Waals surface area contributed by atoms with Gasteiger partial charge in [-0.05, 0) is 61.7 Å². The van der Waals surface area contributed by atoms with Gasteiger partial charge >= 0.3 is 0 Å². The number of carbonyl (C=O) groups excluding carboxylic acids is 1. The second-order valence-corrected chi connectivity index (χ2v) is 6.21. The van der Waals surface area contributed by atoms with E-state index < -0.39 is 0 Å². The molecule has 128 valence electrons. The van der Waals surface area contributed by atoms with Crippen molar-refractivity contribution >= 4 is 17.3 Å². The summed E-state index contributed by atoms with van der Waals surface area (Å²) >= 11 is 0. The molecule has 0 radical (unpaired) electrons. The van der Waals surface area contributed by atoms with Crippen LogP contribution in [0.5, 0.6) is 5.75 Å². The minimum Gasteiger partial charge on any atom is -0.493 e. The normalized spacial score (nSPS) is 10.3. The predicted molar refractivity (Wildman–Crippen MR) is 100 cm³/mol. The van der Waals surface area contributed by atoms with Gasteiger partial charge in [-0.3, -0.25) is 4.79 Å². The van der Waals surface area contributed by atoms with Crippen LogP contribution in [0.25, 0.3) is 0 Å². The summed E-state index contributed by atoms with van der Waals surface area (Å²) in [6.07, 6.45) is 1.13. The van der Waals surface area contributed by atoms with Crippen LogP contribution in [0.2, 0.25) is 0 Å². The highest BCUT2D eigenvalue weighted by atomic mass is 16.5. The number of anilines is 2. The molecule has 0 aliphatic heterocycles. The van der Waals surface area contributed by atoms with Gasteiger partial charge in [0.25, 0.3) is 0 Å². The molecule has 2 aromatic carbocycles. The van der Waals surface area contributed by atoms with E-state index in [-0.39, 0.29) is 5.91 Å². The molecule has 4 heteroatoms. The summed E-state index contributed by atoms with van der Waals surface area (Å²) in [5.41, 5.74) is 4.22. The van der Waals surface area contributed by atoms with E-state index in [1.807, 2.05) is 63.2 Å². The quantitative estimate of drug-likeness (QED) is 0.777. The number of amides is 1. The van der Waals surface area contributed by atoms with Gasteiger partial charge in [0.15, 0.2) is 0 Å². The van der Waals surface area contributed by atoms with Gasteiger partial charge in [-0.1, -0.05) is 12.1 Å². The maximum absolute atomic E-state index is 12.0. The minimum absolute atomic E-state index is 0.0113. The Kier molecular flexibility index (Phi) is 6.24. The number of nitrogens with one attached hydrogen (secondary N) is 1. The van der Waals surface area contributed by atoms with Crippen LogP contribution in [0, 0.1) is 13.8 Å². The molecule has 0 spiro atoms. The van der Waals surface area contributed by atoms with Crippen LogP contribution in [-0.2, 0) is 4.79 Å². The fourth-order valence-electron chi connectivity index (χ4n) is 2.34. The Hall–Kier alpha value is -2.49. The second-order valence-electron chi connectivity index (χ2n) is 6.21. The van der Waals surface area contributed by atoms with E-state index in [1.54, 1.807) is 0 Å². The van der Waals surface area contributed by atoms with E-state index >= 15 is 0 Å². The third-order valence-corrected chi connectivity index (χ3v) is 3.82. The number of nitrogens with zero attached hydrogens (tertiary/aromatic N) is 1. The topological polar surface area (TPSA) is 41.6 Å². The van der Waals surface area contributed by atoms with Gasteiger partial charge in [0.05, 0.1) is 6.61 Å². The largest absolute Gasteiger partial charge is 0.493 e. The number of benzene rings is 2. The molecule has 0 saturated heterocycles. The van der Waals surface area contributed by atoms with E-state index in [4.69, 9.17) is 4.74 Å². The van der Waals surface area contributed by atoms with Crippen LogP contribution in [0.1, 0.15) is 24.0 Å². The van der Waals surface area contributed by atoms with Crippen molar-refractivity contribution in [2.45, 2.75) is 26.7 Å². The van der Waals surface area contributed by atoms with Gasteiger partial charge in [0.2, 0.25) is 5.91 Å². The monoisotopic (exact) mass is 326 g/mol. The summed E-state index contributed by atoms with van der Waals surface area (Å²) in [7, 11) is 3.98. The van der Waals surface area contributed by atoms with E-state index in [1.165, 1.54) is 5.56 Å². The number of carbonyl (C=O) groups is 1. The van der Waals surface area contributed by atoms with Crippen LogP contribution in [0.3, 0.4) is 0 Å². The molecule has 0 saturated carbocycles. The summed E-state index contributed by atoms with van der Waals surface area (Å²) in [4.78, 5) is 14.0. The Labute approximate surface area is 144 Å². The average Bonchev–Trinajstić information content (AvgIpc) is 2.55. The first-order valence-corrected chi connectivity index (χ1v) is 8.23. The summed E-state index contributed by atoms with van der Waals surface area (Å²) in [5, 5.41) is 2.91. The Morgan fingerprint density at radius 1 is 1.08 bits per heavy atom. The number of hydrogen-bond acceptors (Lipinski definition) is 3. The van der Waals surface area contributed by atoms with Crippen molar-refractivity contribution in [2.24, 2.45) is 0 Å². The Balaban J connectivity index is 1.74. The summed E-state index contributed by atoms with van der Waals surface area (Å²) < 4.78 is 5.77. The van der Waals surface area contributed by atoms with Gasteiger partial charge in [-0.2, -0.15) is 0 Å². The number of rotatable bonds is 7. The molecule has 1 amide bonds. The summed E-state index contributed by atoms with van der Waals surface area (Å²) in [6, 6.07) is 14.0. The average molecular weight is 326 g/mol. The first-order valence-electron chi connectivity index (χ1n) is 8.23. The van der Waals surface area contributed by atoms with E-state index in [2.05, 4.69) is 17.4 Å². The van der Waals surface area contributed by atoms with Crippen molar-refractivity contribution in [3.63, 3.8) is 0 Å². The minimum atomic E-state index is 0.0113. The molecule has 0 bridgehead atoms. The molecule has 0 fully saturated rings. The molecule has 24 heavy (non-hydrogen) atoms. The Morgan fingerprint density at radius 3 is 2.46 bits per heavy atom. The highest BCUT2D eigenvalue weighted by Gasteiger charge is 2.04. The lowest BCUT2D eigenvalue weighted by molar-refractivity contribution is -0.116. The molecule has 1 N–H and O–H groups in total. The Bertz CT molecular complexity index is 679. The molecule has 0 aliphatic carbocycles. The highest BCUT2D eigenvalue weighted by Crippen LogP contribution is 2.19. The lowest BCUT2D eigenvalue weighted by Crippen LogP contribution is -2.13. The fraction of sp³-hybridized carbons (Fsp3) is 0.350. The van der Waals surface area contributed by atoms with Gasteiger partial charge < -0.3 is 15.0 Å². The molecular weight excluding hydrogens is 300 g/mol. The summed E-state index contributed by atoms with van der Waals surface area (Å²) in [6.45, 7) is 4.61. The third kappa shape index (κ3) is 5.30. The molecule has 2 aromatic rings. The second kappa shape index (κ2) is 8.39. The lowest BCUT2D eigenvalue weighted by Gasteiger charge is -2.13. The van der Waals surface area contributed by atoms with Gasteiger partial charge in [-0.25, -0.2) is 0 Å². The third-order valence-electron chi connectivity index (χ3n) is 3.82. The van der Waals surface area contributed by atoms with Crippen LogP contribution in [-0.4, -0.2) is 26.6 Å². The molecule has 0 aromatic heterocycles. The molecule has 0 aliphatic rings. The van der Waals surface area contributed by atoms with Crippen LogP contribution >= 0.6 is 0 Å². The molecule has 0 atom stereocenters. The Morgan fingerprint density at radius 2 is 1.79 bits per heavy atom. The van der Waals surface area contributed by atoms with Crippen molar-refractivity contribution in [1.82, 2.24) is 0 Å². The predicted octanol–water partition coefficient (Wildman–Crippen LogP) is 4.17. The zero-order chi connectivity index (χ0) is 17.5. The maximum Gasteiger partial charge on any atom is 0.224 e. The number of ether oxygens (including phenoxy) is 1. The van der Waals surface area contributed by atoms with Crippen LogP contribution < -0.4 is 15.0 Å². The first-order chi connectivity index (χ1) is 11.5. The van der Waals surface area contributed by atoms with Gasteiger partial charge in [-0.15, -0.1) is 0 Å². The first kappa shape index (κ1) is 17.9. The fourth-order valence-corrected chi connectivity index (χ4v) is 2.34. The van der Waals surface area contributed by atoms with Crippen LogP contribution in [0.4, 0.5) is 11.4 Å². The molecule has 4 nitrogen and oxygen atoms in total. The zero-order valence-electron chi connectivity index (χ0n) is 14.9. The number of hydrogen-bond donors (Lipinski definition) is 1. The zero-order valence-corrected chi connectivity index (χ0v) is 14.9. The van der Waals surface area contributed by atoms with Crippen molar-refractivity contribution in [1.29, 1.82) is 0 Å². The van der Waals surface area contributed by atoms with Gasteiger partial charge in [0, 0.05) is 31.9 Å². The molecule has 2 rings (SSSR count). The van der Waals surface area contributed by atoms with E-state index in [9.17, 15) is 4.79 Å². The van der Waals surface area contributed by atoms with Crippen molar-refractivity contribution in [2.75, 3.05) is 30.9 Å².